The van der Waals surface area contributed by atoms with Crippen LogP contribution in [0.4, 0.5) is 17.6 Å². The zero-order valence-electron chi connectivity index (χ0n) is 22.4. The summed E-state index contributed by atoms with van der Waals surface area (Å²) >= 11 is 0.770. The van der Waals surface area contributed by atoms with E-state index in [4.69, 9.17) is 0 Å². The number of hydrogen-bond acceptors (Lipinski definition) is 6. The largest absolute Gasteiger partial charge is 0.419 e. The van der Waals surface area contributed by atoms with Crippen molar-refractivity contribution in [2.24, 2.45) is 17.8 Å². The Labute approximate surface area is 235 Å². The van der Waals surface area contributed by atoms with Crippen LogP contribution >= 0.6 is 11.8 Å². The lowest BCUT2D eigenvalue weighted by Crippen LogP contribution is -2.38. The van der Waals surface area contributed by atoms with E-state index < -0.39 is 51.9 Å². The minimum absolute atomic E-state index is 0.00151. The number of esters is 1. The summed E-state index contributed by atoms with van der Waals surface area (Å²) in [6.45, 7) is 0.252. The number of benzene rings is 1. The fourth-order valence-electron chi connectivity index (χ4n) is 6.07. The quantitative estimate of drug-likeness (QED) is 0.120. The van der Waals surface area contributed by atoms with Crippen molar-refractivity contribution in [1.29, 1.82) is 0 Å². The number of nitrogens with zero attached hydrogens (tertiary/aromatic N) is 1. The van der Waals surface area contributed by atoms with Gasteiger partial charge in [0.05, 0.1) is 11.0 Å². The Morgan fingerprint density at radius 1 is 0.825 bits per heavy atom. The molecule has 6 nitrogen and oxygen atoms in total. The van der Waals surface area contributed by atoms with Gasteiger partial charge in [-0.15, -0.1) is 11.8 Å². The first kappa shape index (κ1) is 30.5. The summed E-state index contributed by atoms with van der Waals surface area (Å²) in [5.41, 5.74) is 0. The van der Waals surface area contributed by atoms with Gasteiger partial charge in [-0.2, -0.15) is 8.78 Å². The molecule has 0 bridgehead atoms. The lowest BCUT2D eigenvalue weighted by molar-refractivity contribution is -0.139. The highest BCUT2D eigenvalue weighted by Gasteiger charge is 2.41. The number of carbonyl (C=O) groups is 4. The Balaban J connectivity index is 1.23. The number of thioether (sulfide) groups is 1. The number of likely N-dealkylation sites (tertiary alicyclic amines) is 1. The monoisotopic (exact) mass is 585 g/mol. The van der Waals surface area contributed by atoms with Crippen LogP contribution in [0.2, 0.25) is 0 Å². The van der Waals surface area contributed by atoms with E-state index in [9.17, 15) is 36.7 Å². The van der Waals surface area contributed by atoms with Gasteiger partial charge in [0.25, 0.3) is 0 Å². The lowest BCUT2D eigenvalue weighted by atomic mass is 9.75. The first-order valence-electron chi connectivity index (χ1n) is 14.2. The third-order valence-corrected chi connectivity index (χ3v) is 9.51. The van der Waals surface area contributed by atoms with Crippen LogP contribution in [0.25, 0.3) is 0 Å². The molecule has 220 valence electrons. The molecule has 0 N–H and O–H groups in total. The summed E-state index contributed by atoms with van der Waals surface area (Å²) in [7, 11) is 0. The molecule has 2 saturated carbocycles. The van der Waals surface area contributed by atoms with E-state index in [0.29, 0.717) is 5.78 Å². The van der Waals surface area contributed by atoms with Crippen LogP contribution in [0.15, 0.2) is 6.07 Å². The van der Waals surface area contributed by atoms with Crippen molar-refractivity contribution in [3.8, 4) is 5.75 Å². The fourth-order valence-corrected chi connectivity index (χ4v) is 6.99. The number of halogens is 4. The van der Waals surface area contributed by atoms with Gasteiger partial charge in [0.1, 0.15) is 5.78 Å². The molecule has 3 fully saturated rings. The molecule has 0 radical (unpaired) electrons. The molecule has 2 aliphatic carbocycles. The summed E-state index contributed by atoms with van der Waals surface area (Å²) in [6, 6.07) is -0.00151. The third kappa shape index (κ3) is 7.44. The Bertz CT molecular complexity index is 1090. The molecule has 1 atom stereocenters. The first-order chi connectivity index (χ1) is 19.2. The number of hydrogen-bond donors (Lipinski definition) is 0. The summed E-state index contributed by atoms with van der Waals surface area (Å²) in [4.78, 5) is 51.9. The molecule has 1 aliphatic heterocycles. The van der Waals surface area contributed by atoms with E-state index in [1.807, 2.05) is 0 Å². The number of Topliss-reactive ketones (excluding diaryl/α,β-unsaturated/α-hetero) is 1. The highest BCUT2D eigenvalue weighted by Crippen LogP contribution is 2.36. The molecule has 1 aromatic rings. The van der Waals surface area contributed by atoms with Crippen LogP contribution in [0.3, 0.4) is 0 Å². The number of carbonyl (C=O) groups excluding carboxylic acids is 4. The molecule has 1 unspecified atom stereocenters. The molecule has 0 aromatic heterocycles. The standard InChI is InChI=1S/C29H35F4NO5S/c30-20-13-21(31)26(33)28(25(20)32)39-24(36)16-40-22-14-23(35)34(29(22)38)15-17-9-11-19(12-10-17)27(37)18-7-5-3-1-2-4-6-8-18/h13,17-19,22H,1-12,14-16H2. The predicted octanol–water partition coefficient (Wildman–Crippen LogP) is 6.14. The molecule has 2 amide bonds. The van der Waals surface area contributed by atoms with Crippen LogP contribution in [-0.4, -0.2) is 46.0 Å². The van der Waals surface area contributed by atoms with Gasteiger partial charge in [0, 0.05) is 30.9 Å². The van der Waals surface area contributed by atoms with Crippen LogP contribution in [0.1, 0.15) is 83.5 Å². The zero-order chi connectivity index (χ0) is 28.8. The molecular formula is C29H35F4NO5S. The van der Waals surface area contributed by atoms with Crippen molar-refractivity contribution >= 4 is 35.3 Å². The highest BCUT2D eigenvalue weighted by molar-refractivity contribution is 8.01. The maximum atomic E-state index is 13.8. The van der Waals surface area contributed by atoms with E-state index in [0.717, 1.165) is 63.1 Å². The highest BCUT2D eigenvalue weighted by atomic mass is 32.2. The molecule has 1 aromatic carbocycles. The SMILES string of the molecule is O=C(CSC1CC(=O)N(CC2CCC(C(=O)C3CCCCCCCC3)CC2)C1=O)Oc1c(F)c(F)cc(F)c1F. The van der Waals surface area contributed by atoms with Crippen molar-refractivity contribution < 1.29 is 41.5 Å². The molecule has 11 heteroatoms. The van der Waals surface area contributed by atoms with E-state index in [-0.39, 0.29) is 42.7 Å². The summed E-state index contributed by atoms with van der Waals surface area (Å²) < 4.78 is 58.6. The average Bonchev–Trinajstić information content (AvgIpc) is 3.28. The van der Waals surface area contributed by atoms with Gasteiger partial charge in [0.2, 0.25) is 29.2 Å². The van der Waals surface area contributed by atoms with Crippen LogP contribution in [-0.2, 0) is 19.2 Å². The molecular weight excluding hydrogens is 550 g/mol. The Morgan fingerprint density at radius 3 is 1.98 bits per heavy atom. The maximum Gasteiger partial charge on any atom is 0.321 e. The minimum Gasteiger partial charge on any atom is -0.419 e. The van der Waals surface area contributed by atoms with E-state index >= 15 is 0 Å². The van der Waals surface area contributed by atoms with Crippen LogP contribution < -0.4 is 4.74 Å². The smallest absolute Gasteiger partial charge is 0.321 e. The maximum absolute atomic E-state index is 13.8. The Morgan fingerprint density at radius 2 is 1.38 bits per heavy atom. The third-order valence-electron chi connectivity index (χ3n) is 8.34. The second-order valence-electron chi connectivity index (χ2n) is 11.1. The van der Waals surface area contributed by atoms with Crippen LogP contribution in [0.5, 0.6) is 5.75 Å². The number of imide groups is 1. The number of rotatable bonds is 8. The average molecular weight is 586 g/mol. The predicted molar refractivity (Wildman–Crippen MR) is 140 cm³/mol. The van der Waals surface area contributed by atoms with Gasteiger partial charge in [-0.05, 0) is 44.4 Å². The van der Waals surface area contributed by atoms with Crippen molar-refractivity contribution in [2.45, 2.75) is 88.7 Å². The Kier molecular flexibility index (Phi) is 10.7. The summed E-state index contributed by atoms with van der Waals surface area (Å²) in [6.07, 6.45) is 12.0. The van der Waals surface area contributed by atoms with Gasteiger partial charge >= 0.3 is 5.97 Å². The molecule has 1 heterocycles. The van der Waals surface area contributed by atoms with Crippen molar-refractivity contribution in [2.75, 3.05) is 12.3 Å². The summed E-state index contributed by atoms with van der Waals surface area (Å²) in [5.74, 6) is -10.5. The number of ketones is 1. The van der Waals surface area contributed by atoms with E-state index in [2.05, 4.69) is 4.74 Å². The number of amides is 2. The minimum atomic E-state index is -1.84. The molecule has 1 saturated heterocycles. The first-order valence-corrected chi connectivity index (χ1v) is 15.2. The van der Waals surface area contributed by atoms with Crippen molar-refractivity contribution in [3.05, 3.63) is 29.3 Å². The zero-order valence-corrected chi connectivity index (χ0v) is 23.2. The van der Waals surface area contributed by atoms with Gasteiger partial charge in [-0.25, -0.2) is 8.78 Å². The normalized spacial score (nSPS) is 24.9. The molecule has 3 aliphatic rings. The summed E-state index contributed by atoms with van der Waals surface area (Å²) in [5, 5.41) is -0.875. The van der Waals surface area contributed by atoms with Gasteiger partial charge in [0.15, 0.2) is 11.6 Å². The van der Waals surface area contributed by atoms with Gasteiger partial charge < -0.3 is 4.74 Å². The molecule has 40 heavy (non-hydrogen) atoms. The van der Waals surface area contributed by atoms with Crippen molar-refractivity contribution in [1.82, 2.24) is 4.90 Å². The second-order valence-corrected chi connectivity index (χ2v) is 12.3. The second kappa shape index (κ2) is 14.0. The topological polar surface area (TPSA) is 80.8 Å². The van der Waals surface area contributed by atoms with E-state index in [1.165, 1.54) is 30.6 Å². The van der Waals surface area contributed by atoms with E-state index in [1.54, 1.807) is 0 Å². The van der Waals surface area contributed by atoms with Gasteiger partial charge in [-0.3, -0.25) is 24.1 Å². The molecule has 4 rings (SSSR count). The van der Waals surface area contributed by atoms with Crippen molar-refractivity contribution in [3.63, 3.8) is 0 Å². The van der Waals surface area contributed by atoms with Gasteiger partial charge in [-0.1, -0.05) is 38.5 Å². The number of ether oxygens (including phenoxy) is 1. The molecule has 0 spiro atoms. The fraction of sp³-hybridized carbons (Fsp3) is 0.655. The van der Waals surface area contributed by atoms with Crippen LogP contribution in [0, 0.1) is 41.0 Å². The lowest BCUT2D eigenvalue weighted by Gasteiger charge is -2.31. The Hall–Kier alpha value is -2.43.